The van der Waals surface area contributed by atoms with E-state index in [2.05, 4.69) is 15.9 Å². The first kappa shape index (κ1) is 17.5. The van der Waals surface area contributed by atoms with Crippen molar-refractivity contribution in [3.8, 4) is 0 Å². The highest BCUT2D eigenvalue weighted by Crippen LogP contribution is 2.22. The second kappa shape index (κ2) is 7.16. The summed E-state index contributed by atoms with van der Waals surface area (Å²) in [5.41, 5.74) is 0. The smallest absolute Gasteiger partial charge is 0.308 e. The highest BCUT2D eigenvalue weighted by molar-refractivity contribution is 9.10. The number of hydrogen-bond acceptors (Lipinski definition) is 4. The van der Waals surface area contributed by atoms with E-state index >= 15 is 0 Å². The Morgan fingerprint density at radius 3 is 2.65 bits per heavy atom. The minimum Gasteiger partial charge on any atom is -0.481 e. The summed E-state index contributed by atoms with van der Waals surface area (Å²) in [4.78, 5) is 38.5. The summed E-state index contributed by atoms with van der Waals surface area (Å²) >= 11 is 3.12. The molecule has 2 heterocycles. The summed E-state index contributed by atoms with van der Waals surface area (Å²) < 4.78 is 5.62. The van der Waals surface area contributed by atoms with E-state index in [1.165, 1.54) is 22.9 Å². The maximum Gasteiger partial charge on any atom is 0.308 e. The van der Waals surface area contributed by atoms with Crippen molar-refractivity contribution in [2.24, 2.45) is 11.8 Å². The number of nitrogens with zero attached hydrogens (tertiary/aromatic N) is 2. The Kier molecular flexibility index (Phi) is 5.46. The molecule has 0 bridgehead atoms. The van der Waals surface area contributed by atoms with Crippen LogP contribution in [-0.2, 0) is 9.59 Å². The fourth-order valence-corrected chi connectivity index (χ4v) is 3.03. The lowest BCUT2D eigenvalue weighted by molar-refractivity contribution is -0.147. The van der Waals surface area contributed by atoms with Gasteiger partial charge in [-0.25, -0.2) is 0 Å². The number of carbonyl (C=O) groups excluding carboxylic acids is 2. The van der Waals surface area contributed by atoms with Gasteiger partial charge in [0.1, 0.15) is 0 Å². The van der Waals surface area contributed by atoms with Crippen LogP contribution < -0.4 is 0 Å². The van der Waals surface area contributed by atoms with E-state index < -0.39 is 17.8 Å². The minimum atomic E-state index is -0.890. The van der Waals surface area contributed by atoms with Crippen LogP contribution >= 0.6 is 15.9 Å². The summed E-state index contributed by atoms with van der Waals surface area (Å²) in [7, 11) is 1.51. The summed E-state index contributed by atoms with van der Waals surface area (Å²) in [5.74, 6) is -1.84. The Morgan fingerprint density at radius 1 is 1.39 bits per heavy atom. The average molecular weight is 387 g/mol. The van der Waals surface area contributed by atoms with Gasteiger partial charge in [0.15, 0.2) is 10.4 Å². The molecule has 23 heavy (non-hydrogen) atoms. The van der Waals surface area contributed by atoms with Crippen molar-refractivity contribution in [1.82, 2.24) is 9.80 Å². The molecule has 2 atom stereocenters. The van der Waals surface area contributed by atoms with Crippen LogP contribution in [0, 0.1) is 11.8 Å². The SMILES string of the molecule is CC1CC(C(=O)O)CN(C(=O)CN(C)C(=O)c2ccc(Br)o2)C1. The molecule has 0 saturated carbocycles. The average Bonchev–Trinajstić information content (AvgIpc) is 2.92. The standard InChI is InChI=1S/C15H19BrN2O5/c1-9-5-10(15(21)22)7-18(6-9)13(19)8-17(2)14(20)11-3-4-12(16)23-11/h3-4,9-10H,5-8H2,1-2H3,(H,21,22). The molecule has 8 heteroatoms. The van der Waals surface area contributed by atoms with Gasteiger partial charge in [-0.05, 0) is 40.4 Å². The van der Waals surface area contributed by atoms with E-state index in [0.29, 0.717) is 17.6 Å². The first-order chi connectivity index (χ1) is 10.8. The lowest BCUT2D eigenvalue weighted by Gasteiger charge is -2.35. The van der Waals surface area contributed by atoms with Gasteiger partial charge in [-0.15, -0.1) is 0 Å². The van der Waals surface area contributed by atoms with E-state index in [9.17, 15) is 14.4 Å². The Hall–Kier alpha value is -1.83. The van der Waals surface area contributed by atoms with Crippen molar-refractivity contribution in [3.05, 3.63) is 22.6 Å². The largest absolute Gasteiger partial charge is 0.481 e. The minimum absolute atomic E-state index is 0.115. The maximum absolute atomic E-state index is 12.4. The van der Waals surface area contributed by atoms with Gasteiger partial charge in [-0.3, -0.25) is 14.4 Å². The quantitative estimate of drug-likeness (QED) is 0.849. The number of carbonyl (C=O) groups is 3. The molecule has 1 fully saturated rings. The highest BCUT2D eigenvalue weighted by atomic mass is 79.9. The van der Waals surface area contributed by atoms with E-state index in [-0.39, 0.29) is 30.7 Å². The van der Waals surface area contributed by atoms with Crippen molar-refractivity contribution >= 4 is 33.7 Å². The molecule has 0 radical (unpaired) electrons. The lowest BCUT2D eigenvalue weighted by Crippen LogP contribution is -2.49. The van der Waals surface area contributed by atoms with E-state index in [4.69, 9.17) is 9.52 Å². The van der Waals surface area contributed by atoms with Gasteiger partial charge >= 0.3 is 5.97 Å². The number of carboxylic acid groups (broad SMARTS) is 1. The molecule has 0 spiro atoms. The van der Waals surface area contributed by atoms with Gasteiger partial charge in [-0.1, -0.05) is 6.92 Å². The topological polar surface area (TPSA) is 91.1 Å². The van der Waals surface area contributed by atoms with Gasteiger partial charge in [0.05, 0.1) is 12.5 Å². The highest BCUT2D eigenvalue weighted by Gasteiger charge is 2.32. The Labute approximate surface area is 142 Å². The molecule has 1 N–H and O–H groups in total. The Balaban J connectivity index is 1.97. The van der Waals surface area contributed by atoms with Gasteiger partial charge < -0.3 is 19.3 Å². The molecule has 0 aliphatic carbocycles. The van der Waals surface area contributed by atoms with E-state index in [1.54, 1.807) is 6.07 Å². The fraction of sp³-hybridized carbons (Fsp3) is 0.533. The van der Waals surface area contributed by atoms with Crippen LogP contribution in [0.3, 0.4) is 0 Å². The zero-order valence-electron chi connectivity index (χ0n) is 13.0. The first-order valence-electron chi connectivity index (χ1n) is 7.29. The number of furan rings is 1. The molecule has 0 aromatic carbocycles. The second-order valence-corrected chi connectivity index (χ2v) is 6.72. The molecule has 1 saturated heterocycles. The molecule has 126 valence electrons. The summed E-state index contributed by atoms with van der Waals surface area (Å²) in [6.07, 6.45) is 0.564. The number of aliphatic carboxylic acids is 1. The van der Waals surface area contributed by atoms with Crippen LogP contribution in [0.5, 0.6) is 0 Å². The first-order valence-corrected chi connectivity index (χ1v) is 8.08. The number of likely N-dealkylation sites (N-methyl/N-ethyl adjacent to an activating group) is 1. The monoisotopic (exact) mass is 386 g/mol. The zero-order valence-corrected chi connectivity index (χ0v) is 14.6. The Morgan fingerprint density at radius 2 is 2.09 bits per heavy atom. The third-order valence-electron chi connectivity index (χ3n) is 3.86. The molecule has 2 rings (SSSR count). The lowest BCUT2D eigenvalue weighted by atomic mass is 9.90. The number of amides is 2. The number of halogens is 1. The molecule has 7 nitrogen and oxygen atoms in total. The summed E-state index contributed by atoms with van der Waals surface area (Å²) in [6, 6.07) is 3.13. The van der Waals surface area contributed by atoms with Crippen LogP contribution in [0.2, 0.25) is 0 Å². The molecule has 1 aromatic heterocycles. The number of rotatable bonds is 4. The van der Waals surface area contributed by atoms with Crippen molar-refractivity contribution in [2.45, 2.75) is 13.3 Å². The van der Waals surface area contributed by atoms with Crippen LogP contribution in [0.15, 0.2) is 21.2 Å². The van der Waals surface area contributed by atoms with Crippen molar-refractivity contribution < 1.29 is 23.9 Å². The van der Waals surface area contributed by atoms with Gasteiger partial charge in [0.2, 0.25) is 5.91 Å². The normalized spacial score (nSPS) is 21.1. The predicted molar refractivity (Wildman–Crippen MR) is 84.9 cm³/mol. The molecule has 1 aliphatic heterocycles. The molecular weight excluding hydrogens is 368 g/mol. The third kappa shape index (κ3) is 4.34. The number of carboxylic acids is 1. The number of hydrogen-bond donors (Lipinski definition) is 1. The van der Waals surface area contributed by atoms with Crippen molar-refractivity contribution in [3.63, 3.8) is 0 Å². The van der Waals surface area contributed by atoms with Crippen LogP contribution in [0.25, 0.3) is 0 Å². The number of piperidine rings is 1. The zero-order chi connectivity index (χ0) is 17.1. The summed E-state index contributed by atoms with van der Waals surface area (Å²) in [5, 5.41) is 9.16. The molecule has 1 aromatic rings. The van der Waals surface area contributed by atoms with Gasteiger partial charge in [-0.2, -0.15) is 0 Å². The molecular formula is C15H19BrN2O5. The maximum atomic E-state index is 12.4. The van der Waals surface area contributed by atoms with Crippen molar-refractivity contribution in [2.75, 3.05) is 26.7 Å². The van der Waals surface area contributed by atoms with E-state index in [1.807, 2.05) is 6.92 Å². The second-order valence-electron chi connectivity index (χ2n) is 5.94. The molecule has 2 amide bonds. The van der Waals surface area contributed by atoms with E-state index in [0.717, 1.165) is 0 Å². The summed E-state index contributed by atoms with van der Waals surface area (Å²) in [6.45, 7) is 2.50. The predicted octanol–water partition coefficient (Wildman–Crippen LogP) is 1.68. The third-order valence-corrected chi connectivity index (χ3v) is 4.29. The van der Waals surface area contributed by atoms with Crippen molar-refractivity contribution in [1.29, 1.82) is 0 Å². The van der Waals surface area contributed by atoms with Gasteiger partial charge in [0.25, 0.3) is 5.91 Å². The number of likely N-dealkylation sites (tertiary alicyclic amines) is 1. The molecule has 1 aliphatic rings. The van der Waals surface area contributed by atoms with Crippen LogP contribution in [0.1, 0.15) is 23.9 Å². The van der Waals surface area contributed by atoms with Crippen LogP contribution in [-0.4, -0.2) is 59.4 Å². The molecule has 2 unspecified atom stereocenters. The fourth-order valence-electron chi connectivity index (χ4n) is 2.73. The van der Waals surface area contributed by atoms with Gasteiger partial charge in [0, 0.05) is 20.1 Å². The Bertz CT molecular complexity index is 615. The van der Waals surface area contributed by atoms with Crippen LogP contribution in [0.4, 0.5) is 0 Å².